The van der Waals surface area contributed by atoms with Crippen molar-refractivity contribution >= 4 is 28.2 Å². The SMILES string of the molecule is N#CC1(c2ccc(N3CC(CNc4nccs4)OC3=O)cc2)CC1. The van der Waals surface area contributed by atoms with E-state index in [2.05, 4.69) is 16.4 Å². The molecule has 1 atom stereocenters. The number of cyclic esters (lactones) is 1. The lowest BCUT2D eigenvalue weighted by Gasteiger charge is -2.14. The molecule has 24 heavy (non-hydrogen) atoms. The zero-order valence-corrected chi connectivity index (χ0v) is 13.8. The van der Waals surface area contributed by atoms with Gasteiger partial charge in [-0.2, -0.15) is 5.26 Å². The van der Waals surface area contributed by atoms with Crippen LogP contribution >= 0.6 is 11.3 Å². The van der Waals surface area contributed by atoms with Crippen LogP contribution in [0.5, 0.6) is 0 Å². The fraction of sp³-hybridized carbons (Fsp3) is 0.353. The zero-order valence-electron chi connectivity index (χ0n) is 12.9. The van der Waals surface area contributed by atoms with Gasteiger partial charge in [0.15, 0.2) is 5.13 Å². The fourth-order valence-electron chi connectivity index (χ4n) is 2.90. The van der Waals surface area contributed by atoms with Crippen molar-refractivity contribution in [2.24, 2.45) is 0 Å². The number of rotatable bonds is 5. The Morgan fingerprint density at radius 2 is 2.21 bits per heavy atom. The summed E-state index contributed by atoms with van der Waals surface area (Å²) < 4.78 is 5.41. The highest BCUT2D eigenvalue weighted by Gasteiger charge is 2.44. The van der Waals surface area contributed by atoms with Crippen LogP contribution in [0.25, 0.3) is 0 Å². The number of nitrogens with one attached hydrogen (secondary N) is 1. The topological polar surface area (TPSA) is 78.2 Å². The Kier molecular flexibility index (Phi) is 3.62. The molecule has 1 unspecified atom stereocenters. The lowest BCUT2D eigenvalue weighted by molar-refractivity contribution is 0.147. The molecule has 2 heterocycles. The number of nitriles is 1. The first kappa shape index (κ1) is 15.0. The third kappa shape index (κ3) is 2.69. The highest BCUT2D eigenvalue weighted by atomic mass is 32.1. The molecule has 2 aliphatic rings. The van der Waals surface area contributed by atoms with Crippen LogP contribution in [-0.2, 0) is 10.2 Å². The maximum atomic E-state index is 12.1. The first-order valence-corrected chi connectivity index (χ1v) is 8.71. The predicted octanol–water partition coefficient (Wildman–Crippen LogP) is 3.14. The number of benzene rings is 1. The number of carbonyl (C=O) groups excluding carboxylic acids is 1. The van der Waals surface area contributed by atoms with Gasteiger partial charge in [-0.3, -0.25) is 4.90 Å². The van der Waals surface area contributed by atoms with E-state index in [1.165, 1.54) is 11.3 Å². The van der Waals surface area contributed by atoms with Crippen LogP contribution in [0.1, 0.15) is 18.4 Å². The van der Waals surface area contributed by atoms with E-state index in [0.29, 0.717) is 13.1 Å². The van der Waals surface area contributed by atoms with E-state index in [9.17, 15) is 10.1 Å². The lowest BCUT2D eigenvalue weighted by Crippen LogP contribution is -2.27. The molecule has 2 fully saturated rings. The average molecular weight is 340 g/mol. The fourth-order valence-corrected chi connectivity index (χ4v) is 3.44. The predicted molar refractivity (Wildman–Crippen MR) is 91.2 cm³/mol. The van der Waals surface area contributed by atoms with E-state index in [0.717, 1.165) is 29.2 Å². The molecule has 1 saturated carbocycles. The van der Waals surface area contributed by atoms with Gasteiger partial charge in [-0.15, -0.1) is 11.3 Å². The van der Waals surface area contributed by atoms with Crippen LogP contribution in [-0.4, -0.2) is 30.3 Å². The Hall–Kier alpha value is -2.59. The minimum atomic E-state index is -0.338. The number of hydrogen-bond donors (Lipinski definition) is 1. The molecule has 6 nitrogen and oxygen atoms in total. The molecule has 1 N–H and O–H groups in total. The molecule has 1 aliphatic carbocycles. The van der Waals surface area contributed by atoms with Crippen molar-refractivity contribution in [1.29, 1.82) is 5.26 Å². The third-order valence-electron chi connectivity index (χ3n) is 4.48. The number of nitrogens with zero attached hydrogens (tertiary/aromatic N) is 3. The Bertz CT molecular complexity index is 778. The summed E-state index contributed by atoms with van der Waals surface area (Å²) in [6.45, 7) is 1.03. The van der Waals surface area contributed by atoms with Gasteiger partial charge in [-0.25, -0.2) is 9.78 Å². The molecule has 1 aromatic heterocycles. The van der Waals surface area contributed by atoms with Gasteiger partial charge in [0.1, 0.15) is 6.10 Å². The maximum absolute atomic E-state index is 12.1. The highest BCUT2D eigenvalue weighted by Crippen LogP contribution is 2.47. The number of aromatic nitrogens is 1. The summed E-state index contributed by atoms with van der Waals surface area (Å²) in [5.74, 6) is 0. The van der Waals surface area contributed by atoms with Crippen molar-refractivity contribution in [3.05, 3.63) is 41.4 Å². The minimum absolute atomic E-state index is 0.213. The maximum Gasteiger partial charge on any atom is 0.414 e. The summed E-state index contributed by atoms with van der Waals surface area (Å²) in [5, 5.41) is 15.1. The quantitative estimate of drug-likeness (QED) is 0.905. The molecule has 7 heteroatoms. The van der Waals surface area contributed by atoms with Gasteiger partial charge in [0.05, 0.1) is 24.6 Å². The van der Waals surface area contributed by atoms with Gasteiger partial charge < -0.3 is 10.1 Å². The first-order valence-electron chi connectivity index (χ1n) is 7.83. The summed E-state index contributed by atoms with van der Waals surface area (Å²) in [6, 6.07) is 10.1. The molecule has 122 valence electrons. The second-order valence-electron chi connectivity index (χ2n) is 6.08. The molecule has 1 aromatic carbocycles. The Labute approximate surface area is 143 Å². The van der Waals surface area contributed by atoms with Crippen molar-refractivity contribution in [2.45, 2.75) is 24.4 Å². The van der Waals surface area contributed by atoms with Crippen molar-refractivity contribution < 1.29 is 9.53 Å². The minimum Gasteiger partial charge on any atom is -0.442 e. The monoisotopic (exact) mass is 340 g/mol. The number of carbonyl (C=O) groups is 1. The van der Waals surface area contributed by atoms with Crippen LogP contribution < -0.4 is 10.2 Å². The van der Waals surface area contributed by atoms with Crippen LogP contribution in [0.2, 0.25) is 0 Å². The first-order chi connectivity index (χ1) is 11.7. The normalized spacial score (nSPS) is 21.2. The van der Waals surface area contributed by atoms with Crippen molar-refractivity contribution in [3.8, 4) is 6.07 Å². The van der Waals surface area contributed by atoms with Gasteiger partial charge in [-0.1, -0.05) is 12.1 Å². The van der Waals surface area contributed by atoms with Gasteiger partial charge in [0.2, 0.25) is 0 Å². The molecule has 2 aromatic rings. The summed E-state index contributed by atoms with van der Waals surface area (Å²) in [7, 11) is 0. The Morgan fingerprint density at radius 1 is 1.42 bits per heavy atom. The molecule has 1 saturated heterocycles. The molecule has 1 aliphatic heterocycles. The molecule has 0 bridgehead atoms. The van der Waals surface area contributed by atoms with E-state index in [1.54, 1.807) is 11.1 Å². The standard InChI is InChI=1S/C17H16N4O2S/c18-11-17(5-6-17)12-1-3-13(4-2-12)21-10-14(23-16(21)22)9-20-15-19-7-8-24-15/h1-4,7-8,14H,5-6,9-10H2,(H,19,20). The zero-order chi connectivity index (χ0) is 16.6. The molecule has 0 spiro atoms. The summed E-state index contributed by atoms with van der Waals surface area (Å²) in [4.78, 5) is 17.9. The van der Waals surface area contributed by atoms with Crippen LogP contribution in [0.3, 0.4) is 0 Å². The van der Waals surface area contributed by atoms with Gasteiger partial charge in [0, 0.05) is 17.3 Å². The number of amides is 1. The third-order valence-corrected chi connectivity index (χ3v) is 5.21. The number of hydrogen-bond acceptors (Lipinski definition) is 6. The molecular weight excluding hydrogens is 324 g/mol. The van der Waals surface area contributed by atoms with Gasteiger partial charge in [0.25, 0.3) is 0 Å². The average Bonchev–Trinajstić information content (AvgIpc) is 3.06. The number of anilines is 2. The van der Waals surface area contributed by atoms with E-state index >= 15 is 0 Å². The second-order valence-corrected chi connectivity index (χ2v) is 6.97. The van der Waals surface area contributed by atoms with E-state index < -0.39 is 0 Å². The lowest BCUT2D eigenvalue weighted by atomic mass is 9.97. The van der Waals surface area contributed by atoms with Crippen LogP contribution in [0.15, 0.2) is 35.8 Å². The number of thiazole rings is 1. The van der Waals surface area contributed by atoms with Gasteiger partial charge in [-0.05, 0) is 30.5 Å². The van der Waals surface area contributed by atoms with Crippen LogP contribution in [0.4, 0.5) is 15.6 Å². The summed E-state index contributed by atoms with van der Waals surface area (Å²) >= 11 is 1.51. The largest absolute Gasteiger partial charge is 0.442 e. The van der Waals surface area contributed by atoms with Crippen molar-refractivity contribution in [3.63, 3.8) is 0 Å². The highest BCUT2D eigenvalue weighted by molar-refractivity contribution is 7.13. The molecule has 1 amide bonds. The van der Waals surface area contributed by atoms with Crippen LogP contribution in [0, 0.1) is 11.3 Å². The second kappa shape index (κ2) is 5.80. The van der Waals surface area contributed by atoms with E-state index in [-0.39, 0.29) is 17.6 Å². The van der Waals surface area contributed by atoms with Gasteiger partial charge >= 0.3 is 6.09 Å². The summed E-state index contributed by atoms with van der Waals surface area (Å²) in [6.07, 6.45) is 3.01. The Balaban J connectivity index is 1.41. The van der Waals surface area contributed by atoms with Crippen molar-refractivity contribution in [2.75, 3.05) is 23.3 Å². The van der Waals surface area contributed by atoms with Crippen molar-refractivity contribution in [1.82, 2.24) is 4.98 Å². The smallest absolute Gasteiger partial charge is 0.414 e. The van der Waals surface area contributed by atoms with E-state index in [4.69, 9.17) is 4.74 Å². The van der Waals surface area contributed by atoms with E-state index in [1.807, 2.05) is 29.6 Å². The molecular formula is C17H16N4O2S. The molecule has 4 rings (SSSR count). The summed E-state index contributed by atoms with van der Waals surface area (Å²) in [5.41, 5.74) is 1.53. The molecule has 0 radical (unpaired) electrons. The number of ether oxygens (including phenoxy) is 1. The Morgan fingerprint density at radius 3 is 2.83 bits per heavy atom.